The van der Waals surface area contributed by atoms with E-state index in [1.54, 1.807) is 0 Å². The minimum Gasteiger partial charge on any atom is -0.445 e. The number of hydrogen-bond donors (Lipinski definition) is 3. The Morgan fingerprint density at radius 2 is 1.54 bits per heavy atom. The molecule has 1 fully saturated rings. The standard InChI is InChI=1S/C18H30N4O2/c23-18(24-16-17-6-2-1-3-7-17)22-14-5-10-20-12-11-19-8-4-9-21-13-15-22/h1-3,6-7,19-21H,4-5,8-16H2. The van der Waals surface area contributed by atoms with Gasteiger partial charge in [0.05, 0.1) is 0 Å². The lowest BCUT2D eigenvalue weighted by atomic mass is 10.2. The van der Waals surface area contributed by atoms with Crippen LogP contribution in [0, 0.1) is 0 Å². The summed E-state index contributed by atoms with van der Waals surface area (Å²) in [5.74, 6) is 0. The minimum absolute atomic E-state index is 0.227. The summed E-state index contributed by atoms with van der Waals surface area (Å²) in [6.07, 6.45) is 1.80. The molecule has 0 unspecified atom stereocenters. The molecule has 0 saturated carbocycles. The second-order valence-corrected chi connectivity index (χ2v) is 5.98. The van der Waals surface area contributed by atoms with Crippen molar-refractivity contribution in [2.45, 2.75) is 19.4 Å². The van der Waals surface area contributed by atoms with Gasteiger partial charge in [-0.2, -0.15) is 0 Å². The average Bonchev–Trinajstić information content (AvgIpc) is 2.62. The molecule has 0 atom stereocenters. The zero-order chi connectivity index (χ0) is 16.9. The number of rotatable bonds is 2. The molecule has 24 heavy (non-hydrogen) atoms. The Morgan fingerprint density at radius 3 is 2.29 bits per heavy atom. The van der Waals surface area contributed by atoms with Crippen molar-refractivity contribution >= 4 is 6.09 Å². The molecule has 0 radical (unpaired) electrons. The highest BCUT2D eigenvalue weighted by Crippen LogP contribution is 2.04. The smallest absolute Gasteiger partial charge is 0.410 e. The molecule has 0 aromatic heterocycles. The van der Waals surface area contributed by atoms with Gasteiger partial charge in [0, 0.05) is 32.7 Å². The fraction of sp³-hybridized carbons (Fsp3) is 0.611. The first-order valence-electron chi connectivity index (χ1n) is 8.94. The van der Waals surface area contributed by atoms with Gasteiger partial charge in [-0.3, -0.25) is 0 Å². The molecule has 0 spiro atoms. The van der Waals surface area contributed by atoms with E-state index in [0.29, 0.717) is 13.2 Å². The van der Waals surface area contributed by atoms with Crippen LogP contribution in [0.1, 0.15) is 18.4 Å². The van der Waals surface area contributed by atoms with Gasteiger partial charge in [0.25, 0.3) is 0 Å². The van der Waals surface area contributed by atoms with Crippen molar-refractivity contribution < 1.29 is 9.53 Å². The molecule has 1 saturated heterocycles. The Balaban J connectivity index is 1.77. The van der Waals surface area contributed by atoms with Gasteiger partial charge < -0.3 is 25.6 Å². The Hall–Kier alpha value is -1.63. The van der Waals surface area contributed by atoms with E-state index in [1.165, 1.54) is 0 Å². The lowest BCUT2D eigenvalue weighted by Gasteiger charge is -2.23. The topological polar surface area (TPSA) is 65.6 Å². The van der Waals surface area contributed by atoms with Crippen LogP contribution in [0.2, 0.25) is 0 Å². The van der Waals surface area contributed by atoms with Crippen molar-refractivity contribution in [3.05, 3.63) is 35.9 Å². The first kappa shape index (κ1) is 18.7. The maximum absolute atomic E-state index is 12.4. The normalized spacial score (nSPS) is 18.6. The Kier molecular flexibility index (Phi) is 9.23. The van der Waals surface area contributed by atoms with Crippen LogP contribution in [-0.2, 0) is 11.3 Å². The number of nitrogens with one attached hydrogen (secondary N) is 3. The zero-order valence-corrected chi connectivity index (χ0v) is 14.4. The van der Waals surface area contributed by atoms with Gasteiger partial charge >= 0.3 is 6.09 Å². The molecule has 1 amide bonds. The highest BCUT2D eigenvalue weighted by atomic mass is 16.6. The van der Waals surface area contributed by atoms with Crippen molar-refractivity contribution in [3.63, 3.8) is 0 Å². The van der Waals surface area contributed by atoms with Gasteiger partial charge in [-0.05, 0) is 38.0 Å². The molecule has 2 rings (SSSR count). The molecule has 0 bridgehead atoms. The van der Waals surface area contributed by atoms with E-state index < -0.39 is 0 Å². The van der Waals surface area contributed by atoms with Gasteiger partial charge in [-0.25, -0.2) is 4.79 Å². The van der Waals surface area contributed by atoms with E-state index in [1.807, 2.05) is 35.2 Å². The summed E-state index contributed by atoms with van der Waals surface area (Å²) in [7, 11) is 0. The van der Waals surface area contributed by atoms with Crippen LogP contribution in [-0.4, -0.2) is 63.4 Å². The van der Waals surface area contributed by atoms with Gasteiger partial charge in [0.1, 0.15) is 6.61 Å². The van der Waals surface area contributed by atoms with Crippen molar-refractivity contribution in [1.82, 2.24) is 20.9 Å². The molecule has 134 valence electrons. The lowest BCUT2D eigenvalue weighted by Crippen LogP contribution is -2.40. The predicted molar refractivity (Wildman–Crippen MR) is 96.0 cm³/mol. The third kappa shape index (κ3) is 7.77. The molecule has 3 N–H and O–H groups in total. The zero-order valence-electron chi connectivity index (χ0n) is 14.4. The van der Waals surface area contributed by atoms with Crippen LogP contribution >= 0.6 is 0 Å². The van der Waals surface area contributed by atoms with E-state index in [-0.39, 0.29) is 6.09 Å². The maximum atomic E-state index is 12.4. The van der Waals surface area contributed by atoms with Crippen molar-refractivity contribution in [2.75, 3.05) is 52.4 Å². The van der Waals surface area contributed by atoms with Gasteiger partial charge in [-0.15, -0.1) is 0 Å². The van der Waals surface area contributed by atoms with Crippen LogP contribution in [0.25, 0.3) is 0 Å². The quantitative estimate of drug-likeness (QED) is 0.758. The van der Waals surface area contributed by atoms with Crippen LogP contribution in [0.15, 0.2) is 30.3 Å². The Morgan fingerprint density at radius 1 is 0.875 bits per heavy atom. The molecule has 1 heterocycles. The Labute approximate surface area is 144 Å². The Bertz CT molecular complexity index is 442. The number of hydrogen-bond acceptors (Lipinski definition) is 5. The van der Waals surface area contributed by atoms with Crippen LogP contribution < -0.4 is 16.0 Å². The van der Waals surface area contributed by atoms with E-state index in [2.05, 4.69) is 16.0 Å². The third-order valence-corrected chi connectivity index (χ3v) is 3.99. The largest absolute Gasteiger partial charge is 0.445 e. The molecule has 6 nitrogen and oxygen atoms in total. The van der Waals surface area contributed by atoms with Gasteiger partial charge in [0.2, 0.25) is 0 Å². The summed E-state index contributed by atoms with van der Waals surface area (Å²) in [6.45, 7) is 7.38. The van der Waals surface area contributed by atoms with Crippen LogP contribution in [0.3, 0.4) is 0 Å². The fourth-order valence-electron chi connectivity index (χ4n) is 2.60. The second-order valence-electron chi connectivity index (χ2n) is 5.98. The van der Waals surface area contributed by atoms with Crippen LogP contribution in [0.4, 0.5) is 4.79 Å². The third-order valence-electron chi connectivity index (χ3n) is 3.99. The van der Waals surface area contributed by atoms with E-state index in [9.17, 15) is 4.79 Å². The van der Waals surface area contributed by atoms with Gasteiger partial charge in [0.15, 0.2) is 0 Å². The monoisotopic (exact) mass is 334 g/mol. The molecule has 1 aromatic rings. The summed E-state index contributed by atoms with van der Waals surface area (Å²) in [4.78, 5) is 14.2. The highest BCUT2D eigenvalue weighted by Gasteiger charge is 2.14. The number of amides is 1. The molecular weight excluding hydrogens is 304 g/mol. The average molecular weight is 334 g/mol. The van der Waals surface area contributed by atoms with Gasteiger partial charge in [-0.1, -0.05) is 30.3 Å². The second kappa shape index (κ2) is 11.8. The van der Waals surface area contributed by atoms with Crippen molar-refractivity contribution in [3.8, 4) is 0 Å². The lowest BCUT2D eigenvalue weighted by molar-refractivity contribution is 0.0959. The van der Waals surface area contributed by atoms with Crippen molar-refractivity contribution in [1.29, 1.82) is 0 Å². The highest BCUT2D eigenvalue weighted by molar-refractivity contribution is 5.67. The summed E-state index contributed by atoms with van der Waals surface area (Å²) >= 11 is 0. The number of nitrogens with zero attached hydrogens (tertiary/aromatic N) is 1. The summed E-state index contributed by atoms with van der Waals surface area (Å²) in [5, 5.41) is 10.2. The summed E-state index contributed by atoms with van der Waals surface area (Å²) in [6, 6.07) is 9.80. The SMILES string of the molecule is O=C(OCc1ccccc1)N1CCCNCCNCCCNCC1. The maximum Gasteiger partial charge on any atom is 0.410 e. The number of carbonyl (C=O) groups is 1. The number of carbonyl (C=O) groups excluding carboxylic acids is 1. The molecule has 1 aliphatic rings. The van der Waals surface area contributed by atoms with E-state index in [0.717, 1.165) is 64.2 Å². The first-order valence-corrected chi connectivity index (χ1v) is 8.94. The summed E-state index contributed by atoms with van der Waals surface area (Å²) < 4.78 is 5.47. The molecule has 1 aliphatic heterocycles. The first-order chi connectivity index (χ1) is 11.9. The van der Waals surface area contributed by atoms with Crippen molar-refractivity contribution in [2.24, 2.45) is 0 Å². The number of benzene rings is 1. The number of ether oxygens (including phenoxy) is 1. The molecule has 6 heteroatoms. The predicted octanol–water partition coefficient (Wildman–Crippen LogP) is 1.19. The molecule has 1 aromatic carbocycles. The fourth-order valence-corrected chi connectivity index (χ4v) is 2.60. The van der Waals surface area contributed by atoms with E-state index >= 15 is 0 Å². The minimum atomic E-state index is -0.227. The molecular formula is C18H30N4O2. The van der Waals surface area contributed by atoms with Crippen LogP contribution in [0.5, 0.6) is 0 Å². The summed E-state index contributed by atoms with van der Waals surface area (Å²) in [5.41, 5.74) is 1.01. The van der Waals surface area contributed by atoms with E-state index in [4.69, 9.17) is 4.74 Å². The molecule has 0 aliphatic carbocycles.